The Morgan fingerprint density at radius 1 is 1.07 bits per heavy atom. The monoisotopic (exact) mass is 363 g/mol. The van der Waals surface area contributed by atoms with Crippen LogP contribution in [0, 0.1) is 6.92 Å². The third-order valence-corrected chi connectivity index (χ3v) is 5.26. The van der Waals surface area contributed by atoms with Gasteiger partial charge in [0.05, 0.1) is 6.54 Å². The summed E-state index contributed by atoms with van der Waals surface area (Å²) >= 11 is 0. The Hall–Kier alpha value is -3.15. The van der Waals surface area contributed by atoms with Crippen LogP contribution in [0.2, 0.25) is 0 Å². The fourth-order valence-corrected chi connectivity index (χ4v) is 3.88. The number of piperidine rings is 1. The average molecular weight is 363 g/mol. The molecule has 1 spiro atoms. The molecule has 4 amide bonds. The highest BCUT2D eigenvalue weighted by atomic mass is 16.2. The molecule has 0 saturated carbocycles. The van der Waals surface area contributed by atoms with Gasteiger partial charge in [-0.15, -0.1) is 0 Å². The zero-order chi connectivity index (χ0) is 19.0. The van der Waals surface area contributed by atoms with Crippen LogP contribution in [0.1, 0.15) is 28.8 Å². The van der Waals surface area contributed by atoms with Crippen molar-refractivity contribution in [1.82, 2.24) is 15.5 Å². The van der Waals surface area contributed by atoms with E-state index in [4.69, 9.17) is 0 Å². The first-order valence-electron chi connectivity index (χ1n) is 9.07. The minimum absolute atomic E-state index is 0.127. The van der Waals surface area contributed by atoms with E-state index in [0.717, 1.165) is 16.7 Å². The van der Waals surface area contributed by atoms with Crippen molar-refractivity contribution in [2.75, 3.05) is 13.1 Å². The van der Waals surface area contributed by atoms with Gasteiger partial charge in [-0.3, -0.25) is 14.9 Å². The maximum absolute atomic E-state index is 13.1. The van der Waals surface area contributed by atoms with E-state index in [1.54, 1.807) is 11.0 Å². The van der Waals surface area contributed by atoms with E-state index in [2.05, 4.69) is 16.7 Å². The van der Waals surface area contributed by atoms with Crippen molar-refractivity contribution in [1.29, 1.82) is 0 Å². The molecule has 2 saturated heterocycles. The van der Waals surface area contributed by atoms with Crippen LogP contribution in [-0.4, -0.2) is 41.4 Å². The number of hydrogen-bond acceptors (Lipinski definition) is 3. The van der Waals surface area contributed by atoms with Crippen LogP contribution in [0.5, 0.6) is 0 Å². The second-order valence-electron chi connectivity index (χ2n) is 7.27. The van der Waals surface area contributed by atoms with Gasteiger partial charge in [-0.1, -0.05) is 42.0 Å². The maximum Gasteiger partial charge on any atom is 0.322 e. The van der Waals surface area contributed by atoms with E-state index >= 15 is 0 Å². The number of nitrogens with zero attached hydrogens (tertiary/aromatic N) is 1. The van der Waals surface area contributed by atoms with Gasteiger partial charge in [0.1, 0.15) is 5.54 Å². The van der Waals surface area contributed by atoms with Gasteiger partial charge in [0.25, 0.3) is 11.8 Å². The van der Waals surface area contributed by atoms with Crippen LogP contribution < -0.4 is 10.6 Å². The smallest absolute Gasteiger partial charge is 0.322 e. The molecule has 0 radical (unpaired) electrons. The Morgan fingerprint density at radius 3 is 2.52 bits per heavy atom. The Bertz CT molecular complexity index is 940. The van der Waals surface area contributed by atoms with E-state index in [9.17, 15) is 14.4 Å². The average Bonchev–Trinajstić information content (AvgIpc) is 2.93. The van der Waals surface area contributed by atoms with Crippen molar-refractivity contribution < 1.29 is 14.4 Å². The number of aryl methyl sites for hydroxylation is 1. The minimum atomic E-state index is -1.00. The predicted octanol–water partition coefficient (Wildman–Crippen LogP) is 2.48. The third kappa shape index (κ3) is 3.18. The quantitative estimate of drug-likeness (QED) is 0.805. The SMILES string of the molecule is Cc1cccc(-c2cccc(C(=O)N3CCCC4(C3)NC(=O)NC4=O)c2)c1. The van der Waals surface area contributed by atoms with E-state index < -0.39 is 11.6 Å². The van der Waals surface area contributed by atoms with Crippen LogP contribution in [0.15, 0.2) is 48.5 Å². The molecule has 27 heavy (non-hydrogen) atoms. The topological polar surface area (TPSA) is 78.5 Å². The number of nitrogens with one attached hydrogen (secondary N) is 2. The highest BCUT2D eigenvalue weighted by Gasteiger charge is 2.49. The van der Waals surface area contributed by atoms with Crippen LogP contribution in [-0.2, 0) is 4.79 Å². The number of carbonyl (C=O) groups excluding carboxylic acids is 3. The number of benzene rings is 2. The lowest BCUT2D eigenvalue weighted by atomic mass is 9.88. The van der Waals surface area contributed by atoms with Crippen molar-refractivity contribution in [2.24, 2.45) is 0 Å². The predicted molar refractivity (Wildman–Crippen MR) is 101 cm³/mol. The normalized spacial score (nSPS) is 21.9. The van der Waals surface area contributed by atoms with Gasteiger partial charge < -0.3 is 10.2 Å². The zero-order valence-electron chi connectivity index (χ0n) is 15.1. The number of urea groups is 1. The second-order valence-corrected chi connectivity index (χ2v) is 7.27. The molecule has 2 heterocycles. The standard InChI is InChI=1S/C21H21N3O3/c1-14-5-2-6-15(11-14)16-7-3-8-17(12-16)18(25)24-10-4-9-21(13-24)19(26)22-20(27)23-21/h2-3,5-8,11-12H,4,9-10,13H2,1H3,(H2,22,23,26,27). The number of rotatable bonds is 2. The van der Waals surface area contributed by atoms with Crippen LogP contribution in [0.3, 0.4) is 0 Å². The molecule has 2 fully saturated rings. The van der Waals surface area contributed by atoms with E-state index in [1.165, 1.54) is 0 Å². The molecule has 2 N–H and O–H groups in total. The molecule has 0 bridgehead atoms. The van der Waals surface area contributed by atoms with Crippen molar-refractivity contribution >= 4 is 17.8 Å². The molecule has 0 aromatic heterocycles. The Labute approximate surface area is 157 Å². The summed E-state index contributed by atoms with van der Waals surface area (Å²) in [5.41, 5.74) is 2.77. The summed E-state index contributed by atoms with van der Waals surface area (Å²) in [6.07, 6.45) is 1.20. The third-order valence-electron chi connectivity index (χ3n) is 5.26. The van der Waals surface area contributed by atoms with Crippen molar-refractivity contribution in [2.45, 2.75) is 25.3 Å². The van der Waals surface area contributed by atoms with Crippen molar-refractivity contribution in [3.63, 3.8) is 0 Å². The molecule has 2 aliphatic heterocycles. The van der Waals surface area contributed by atoms with E-state index in [1.807, 2.05) is 43.3 Å². The van der Waals surface area contributed by atoms with Gasteiger partial charge in [-0.05, 0) is 43.0 Å². The molecular weight excluding hydrogens is 342 g/mol. The van der Waals surface area contributed by atoms with Gasteiger partial charge in [0.15, 0.2) is 0 Å². The lowest BCUT2D eigenvalue weighted by Gasteiger charge is -2.38. The van der Waals surface area contributed by atoms with Crippen LogP contribution in [0.25, 0.3) is 11.1 Å². The fraction of sp³-hybridized carbons (Fsp3) is 0.286. The van der Waals surface area contributed by atoms with Gasteiger partial charge in [-0.2, -0.15) is 0 Å². The summed E-state index contributed by atoms with van der Waals surface area (Å²) in [6, 6.07) is 15.2. The van der Waals surface area contributed by atoms with Crippen molar-refractivity contribution in [3.05, 3.63) is 59.7 Å². The summed E-state index contributed by atoms with van der Waals surface area (Å²) in [7, 11) is 0. The summed E-state index contributed by atoms with van der Waals surface area (Å²) in [6.45, 7) is 2.79. The number of likely N-dealkylation sites (tertiary alicyclic amines) is 1. The molecule has 138 valence electrons. The lowest BCUT2D eigenvalue weighted by molar-refractivity contribution is -0.125. The largest absolute Gasteiger partial charge is 0.336 e. The Morgan fingerprint density at radius 2 is 1.81 bits per heavy atom. The van der Waals surface area contributed by atoms with Gasteiger partial charge in [0.2, 0.25) is 0 Å². The number of carbonyl (C=O) groups is 3. The summed E-state index contributed by atoms with van der Waals surface area (Å²) < 4.78 is 0. The minimum Gasteiger partial charge on any atom is -0.336 e. The molecular formula is C21H21N3O3. The number of hydrogen-bond donors (Lipinski definition) is 2. The van der Waals surface area contributed by atoms with E-state index in [-0.39, 0.29) is 18.4 Å². The summed E-state index contributed by atoms with van der Waals surface area (Å²) in [4.78, 5) is 38.5. The molecule has 4 rings (SSSR count). The van der Waals surface area contributed by atoms with Crippen LogP contribution >= 0.6 is 0 Å². The number of imide groups is 1. The Balaban J connectivity index is 1.59. The molecule has 1 atom stereocenters. The molecule has 2 aliphatic rings. The summed E-state index contributed by atoms with van der Waals surface area (Å²) in [5.74, 6) is -0.476. The number of amides is 4. The van der Waals surface area contributed by atoms with Gasteiger partial charge in [-0.25, -0.2) is 4.79 Å². The molecule has 1 unspecified atom stereocenters. The first-order chi connectivity index (χ1) is 13.0. The first-order valence-corrected chi connectivity index (χ1v) is 9.07. The van der Waals surface area contributed by atoms with Gasteiger partial charge in [0, 0.05) is 12.1 Å². The molecule has 6 heteroatoms. The zero-order valence-corrected chi connectivity index (χ0v) is 15.1. The highest BCUT2D eigenvalue weighted by Crippen LogP contribution is 2.27. The highest BCUT2D eigenvalue weighted by molar-refractivity contribution is 6.07. The summed E-state index contributed by atoms with van der Waals surface area (Å²) in [5, 5.41) is 4.99. The fourth-order valence-electron chi connectivity index (χ4n) is 3.88. The van der Waals surface area contributed by atoms with E-state index in [0.29, 0.717) is 24.9 Å². The molecule has 2 aromatic carbocycles. The van der Waals surface area contributed by atoms with Crippen LogP contribution in [0.4, 0.5) is 4.79 Å². The molecule has 0 aliphatic carbocycles. The second kappa shape index (κ2) is 6.54. The maximum atomic E-state index is 13.1. The molecule has 6 nitrogen and oxygen atoms in total. The first kappa shape index (κ1) is 17.3. The lowest BCUT2D eigenvalue weighted by Crippen LogP contribution is -2.59. The van der Waals surface area contributed by atoms with Gasteiger partial charge >= 0.3 is 6.03 Å². The van der Waals surface area contributed by atoms with Crippen molar-refractivity contribution in [3.8, 4) is 11.1 Å². The Kier molecular flexibility index (Phi) is 4.18. The molecule has 2 aromatic rings.